The van der Waals surface area contributed by atoms with Crippen molar-refractivity contribution >= 4 is 17.9 Å². The second kappa shape index (κ2) is 16.1. The summed E-state index contributed by atoms with van der Waals surface area (Å²) in [5, 5.41) is 13.4. The lowest BCUT2D eigenvalue weighted by molar-refractivity contribution is -0.612. The van der Waals surface area contributed by atoms with Gasteiger partial charge in [-0.15, -0.1) is 0 Å². The fourth-order valence-electron chi connectivity index (χ4n) is 5.54. The van der Waals surface area contributed by atoms with E-state index < -0.39 is 65.5 Å². The molecule has 3 aromatic rings. The van der Waals surface area contributed by atoms with Crippen LogP contribution in [-0.2, 0) is 62.6 Å². The molecule has 1 fully saturated rings. The number of esters is 3. The van der Waals surface area contributed by atoms with Crippen molar-refractivity contribution in [2.45, 2.75) is 76.7 Å². The van der Waals surface area contributed by atoms with Crippen LogP contribution in [0.5, 0.6) is 0 Å². The zero-order valence-electron chi connectivity index (χ0n) is 25.8. The van der Waals surface area contributed by atoms with Gasteiger partial charge in [0.15, 0.2) is 18.3 Å². The Morgan fingerprint density at radius 1 is 0.609 bits per heavy atom. The molecule has 0 saturated heterocycles. The molecule has 0 unspecified atom stereocenters. The Kier molecular flexibility index (Phi) is 12.0. The van der Waals surface area contributed by atoms with Gasteiger partial charge >= 0.3 is 23.4 Å². The minimum atomic E-state index is -2.44. The lowest BCUT2D eigenvalue weighted by Gasteiger charge is -2.50. The van der Waals surface area contributed by atoms with Crippen molar-refractivity contribution in [3.63, 3.8) is 0 Å². The molecule has 0 heterocycles. The molecule has 1 aliphatic rings. The van der Waals surface area contributed by atoms with Crippen LogP contribution in [0.2, 0.25) is 0 Å². The summed E-state index contributed by atoms with van der Waals surface area (Å²) in [6.07, 6.45) is -7.86. The Balaban J connectivity index is 1.86. The number of ether oxygens (including phenoxy) is 6. The Hall–Kier alpha value is -4.65. The summed E-state index contributed by atoms with van der Waals surface area (Å²) in [4.78, 5) is 50.4. The highest BCUT2D eigenvalue weighted by Crippen LogP contribution is 2.42. The van der Waals surface area contributed by atoms with Crippen LogP contribution in [-0.4, -0.2) is 65.5 Å². The fraction of sp³-hybridized carbons (Fsp3) is 0.382. The smallest absolute Gasteiger partial charge is 0.314 e. The molecule has 0 bridgehead atoms. The Bertz CT molecular complexity index is 1450. The molecule has 0 N–H and O–H groups in total. The Morgan fingerprint density at radius 3 is 1.46 bits per heavy atom. The molecule has 244 valence electrons. The third-order valence-electron chi connectivity index (χ3n) is 7.47. The van der Waals surface area contributed by atoms with E-state index in [-0.39, 0.29) is 19.8 Å². The van der Waals surface area contributed by atoms with Gasteiger partial charge in [0.05, 0.1) is 19.8 Å². The molecule has 1 aliphatic carbocycles. The molecule has 3 aromatic carbocycles. The number of hydrogen-bond acceptors (Lipinski definition) is 11. The van der Waals surface area contributed by atoms with Crippen LogP contribution in [0.1, 0.15) is 37.5 Å². The SMILES string of the molecule is CC(=O)O[C@@H]1[C@@H](OCc2ccccc2)[C@H](OC(C)=O)[C@H](OCc2ccccc2)[C@](COCc2ccccc2)([N+](=O)[O-])[C@H]1OC(C)=O. The molecule has 1 saturated carbocycles. The lowest BCUT2D eigenvalue weighted by Crippen LogP contribution is -2.77. The number of benzene rings is 3. The standard InChI is InChI=1S/C34H37NO11/c1-23(36)44-30-29(42-20-27-15-9-5-10-16-27)31(45-24(2)37)33(46-25(3)38)34(35(39)40,22-41-19-26-13-7-4-8-14-26)32(30)43-21-28-17-11-6-12-18-28/h4-18,29-33H,19-22H2,1-3H3/t29-,30-,31+,32-,33-,34-/m0/s1. The summed E-state index contributed by atoms with van der Waals surface area (Å²) >= 11 is 0. The molecule has 0 amide bonds. The van der Waals surface area contributed by atoms with Crippen LogP contribution >= 0.6 is 0 Å². The van der Waals surface area contributed by atoms with Gasteiger partial charge in [-0.1, -0.05) is 91.0 Å². The van der Waals surface area contributed by atoms with Gasteiger partial charge < -0.3 is 28.4 Å². The third kappa shape index (κ3) is 8.53. The number of carbonyl (C=O) groups excluding carboxylic acids is 3. The van der Waals surface area contributed by atoms with E-state index in [1.165, 1.54) is 0 Å². The van der Waals surface area contributed by atoms with E-state index in [1.54, 1.807) is 78.9 Å². The molecule has 12 nitrogen and oxygen atoms in total. The van der Waals surface area contributed by atoms with E-state index in [2.05, 4.69) is 0 Å². The number of nitro groups is 1. The van der Waals surface area contributed by atoms with Crippen molar-refractivity contribution in [3.05, 3.63) is 118 Å². The largest absolute Gasteiger partial charge is 0.457 e. The molecular formula is C34H37NO11. The lowest BCUT2D eigenvalue weighted by atomic mass is 9.72. The molecular weight excluding hydrogens is 598 g/mol. The van der Waals surface area contributed by atoms with E-state index in [0.717, 1.165) is 26.3 Å². The van der Waals surface area contributed by atoms with Crippen LogP contribution in [0.4, 0.5) is 0 Å². The number of rotatable bonds is 14. The van der Waals surface area contributed by atoms with Crippen molar-refractivity contribution in [3.8, 4) is 0 Å². The molecule has 12 heteroatoms. The second-order valence-corrected chi connectivity index (χ2v) is 10.9. The predicted octanol–water partition coefficient (Wildman–Crippen LogP) is 4.20. The molecule has 4 rings (SSSR count). The molecule has 0 radical (unpaired) electrons. The summed E-state index contributed by atoms with van der Waals surface area (Å²) in [6, 6.07) is 26.8. The van der Waals surface area contributed by atoms with E-state index in [4.69, 9.17) is 28.4 Å². The molecule has 0 spiro atoms. The van der Waals surface area contributed by atoms with Crippen molar-refractivity contribution in [1.82, 2.24) is 0 Å². The van der Waals surface area contributed by atoms with Crippen LogP contribution in [0, 0.1) is 10.1 Å². The van der Waals surface area contributed by atoms with Gasteiger partial charge in [-0.2, -0.15) is 0 Å². The average molecular weight is 636 g/mol. The quantitative estimate of drug-likeness (QED) is 0.109. The van der Waals surface area contributed by atoms with E-state index in [9.17, 15) is 24.5 Å². The van der Waals surface area contributed by atoms with Gasteiger partial charge in [-0.25, -0.2) is 0 Å². The van der Waals surface area contributed by atoms with Crippen LogP contribution < -0.4 is 0 Å². The maximum Gasteiger partial charge on any atom is 0.314 e. The molecule has 6 atom stereocenters. The highest BCUT2D eigenvalue weighted by Gasteiger charge is 2.73. The molecule has 0 aliphatic heterocycles. The first kappa shape index (κ1) is 34.2. The molecule has 46 heavy (non-hydrogen) atoms. The van der Waals surface area contributed by atoms with E-state index in [0.29, 0.717) is 11.1 Å². The normalized spacial score (nSPS) is 24.0. The van der Waals surface area contributed by atoms with Crippen LogP contribution in [0.15, 0.2) is 91.0 Å². The van der Waals surface area contributed by atoms with E-state index in [1.807, 2.05) is 12.1 Å². The van der Waals surface area contributed by atoms with Crippen LogP contribution in [0.25, 0.3) is 0 Å². The van der Waals surface area contributed by atoms with Gasteiger partial charge in [-0.05, 0) is 16.7 Å². The maximum absolute atomic E-state index is 13.4. The van der Waals surface area contributed by atoms with Crippen molar-refractivity contribution in [1.29, 1.82) is 0 Å². The zero-order chi connectivity index (χ0) is 33.1. The van der Waals surface area contributed by atoms with Gasteiger partial charge in [0.1, 0.15) is 12.7 Å². The third-order valence-corrected chi connectivity index (χ3v) is 7.47. The number of hydrogen-bond donors (Lipinski definition) is 0. The van der Waals surface area contributed by atoms with Gasteiger partial charge in [0, 0.05) is 25.7 Å². The summed E-state index contributed by atoms with van der Waals surface area (Å²) in [5.41, 5.74) is -0.338. The second-order valence-electron chi connectivity index (χ2n) is 10.9. The first-order valence-electron chi connectivity index (χ1n) is 14.7. The number of carbonyl (C=O) groups is 3. The minimum absolute atomic E-state index is 0.0426. The Labute approximate surface area is 266 Å². The van der Waals surface area contributed by atoms with Crippen molar-refractivity contribution in [2.75, 3.05) is 6.61 Å². The summed E-state index contributed by atoms with van der Waals surface area (Å²) in [5.74, 6) is -2.50. The van der Waals surface area contributed by atoms with Crippen molar-refractivity contribution < 1.29 is 47.7 Å². The highest BCUT2D eigenvalue weighted by molar-refractivity contribution is 5.68. The summed E-state index contributed by atoms with van der Waals surface area (Å²) in [6.45, 7) is 2.41. The highest BCUT2D eigenvalue weighted by atomic mass is 16.7. The van der Waals surface area contributed by atoms with Crippen LogP contribution in [0.3, 0.4) is 0 Å². The average Bonchev–Trinajstić information content (AvgIpc) is 3.02. The first-order chi connectivity index (χ1) is 22.1. The fourth-order valence-corrected chi connectivity index (χ4v) is 5.54. The minimum Gasteiger partial charge on any atom is -0.457 e. The van der Waals surface area contributed by atoms with E-state index >= 15 is 0 Å². The van der Waals surface area contributed by atoms with Gasteiger partial charge in [0.25, 0.3) is 0 Å². The maximum atomic E-state index is 13.4. The van der Waals surface area contributed by atoms with Gasteiger partial charge in [0.2, 0.25) is 6.10 Å². The topological polar surface area (TPSA) is 150 Å². The zero-order valence-corrected chi connectivity index (χ0v) is 25.8. The monoisotopic (exact) mass is 635 g/mol. The van der Waals surface area contributed by atoms with Crippen molar-refractivity contribution in [2.24, 2.45) is 0 Å². The Morgan fingerprint density at radius 2 is 1.02 bits per heavy atom. The molecule has 0 aromatic heterocycles. The summed E-state index contributed by atoms with van der Waals surface area (Å²) in [7, 11) is 0. The predicted molar refractivity (Wildman–Crippen MR) is 163 cm³/mol. The van der Waals surface area contributed by atoms with Gasteiger partial charge in [-0.3, -0.25) is 24.5 Å². The summed E-state index contributed by atoms with van der Waals surface area (Å²) < 4.78 is 35.6. The number of nitrogens with zero attached hydrogens (tertiary/aromatic N) is 1. The first-order valence-corrected chi connectivity index (χ1v) is 14.7.